The van der Waals surface area contributed by atoms with Crippen LogP contribution in [0.2, 0.25) is 0 Å². The highest BCUT2D eigenvalue weighted by Gasteiger charge is 2.12. The minimum absolute atomic E-state index is 0.0394. The van der Waals surface area contributed by atoms with Gasteiger partial charge in [-0.15, -0.1) is 0 Å². The molecule has 0 radical (unpaired) electrons. The molecule has 0 atom stereocenters. The number of carbonyl (C=O) groups excluding carboxylic acids is 1. The molecule has 2 heterocycles. The highest BCUT2D eigenvalue weighted by atomic mass is 16.1. The number of nitrogens with one attached hydrogen (secondary N) is 2. The standard InChI is InChI=1S/C14H15N5O/c1-8(20)9-4-5-10-11(6-9)17-13(16-10)14-18-12(15-2)7-19(14)3/h4-7,15H,1-3H3,(H,16,17). The van der Waals surface area contributed by atoms with Crippen LogP contribution >= 0.6 is 0 Å². The van der Waals surface area contributed by atoms with E-state index in [2.05, 4.69) is 20.3 Å². The summed E-state index contributed by atoms with van der Waals surface area (Å²) in [5.74, 6) is 2.25. The summed E-state index contributed by atoms with van der Waals surface area (Å²) >= 11 is 0. The Hall–Kier alpha value is -2.63. The lowest BCUT2D eigenvalue weighted by Crippen LogP contribution is -1.92. The van der Waals surface area contributed by atoms with E-state index >= 15 is 0 Å². The molecule has 0 aliphatic rings. The number of hydrogen-bond acceptors (Lipinski definition) is 4. The molecule has 0 bridgehead atoms. The highest BCUT2D eigenvalue weighted by molar-refractivity contribution is 5.97. The number of aromatic amines is 1. The van der Waals surface area contributed by atoms with Crippen LogP contribution in [0.25, 0.3) is 22.7 Å². The van der Waals surface area contributed by atoms with Crippen molar-refractivity contribution in [3.05, 3.63) is 30.0 Å². The van der Waals surface area contributed by atoms with Crippen molar-refractivity contribution in [1.82, 2.24) is 19.5 Å². The van der Waals surface area contributed by atoms with Gasteiger partial charge in [0.2, 0.25) is 0 Å². The van der Waals surface area contributed by atoms with E-state index in [1.165, 1.54) is 0 Å². The van der Waals surface area contributed by atoms with Gasteiger partial charge in [0.1, 0.15) is 5.82 Å². The number of H-pyrrole nitrogens is 1. The molecule has 0 amide bonds. The van der Waals surface area contributed by atoms with Crippen LogP contribution in [0.15, 0.2) is 24.4 Å². The Morgan fingerprint density at radius 3 is 2.80 bits per heavy atom. The van der Waals surface area contributed by atoms with Crippen molar-refractivity contribution < 1.29 is 4.79 Å². The van der Waals surface area contributed by atoms with E-state index in [1.54, 1.807) is 13.0 Å². The number of nitrogens with zero attached hydrogens (tertiary/aromatic N) is 3. The fourth-order valence-electron chi connectivity index (χ4n) is 2.14. The third-order valence-electron chi connectivity index (χ3n) is 3.23. The molecule has 2 N–H and O–H groups in total. The number of rotatable bonds is 3. The summed E-state index contributed by atoms with van der Waals surface area (Å²) in [6, 6.07) is 5.44. The van der Waals surface area contributed by atoms with Gasteiger partial charge in [0.15, 0.2) is 17.4 Å². The summed E-state index contributed by atoms with van der Waals surface area (Å²) in [5, 5.41) is 3.00. The lowest BCUT2D eigenvalue weighted by Gasteiger charge is -1.95. The third-order valence-corrected chi connectivity index (χ3v) is 3.23. The van der Waals surface area contributed by atoms with Gasteiger partial charge in [-0.3, -0.25) is 4.79 Å². The zero-order valence-corrected chi connectivity index (χ0v) is 11.6. The summed E-state index contributed by atoms with van der Waals surface area (Å²) in [5.41, 5.74) is 2.32. The van der Waals surface area contributed by atoms with Crippen LogP contribution in [-0.2, 0) is 7.05 Å². The maximum absolute atomic E-state index is 11.4. The first-order valence-corrected chi connectivity index (χ1v) is 6.30. The second-order valence-corrected chi connectivity index (χ2v) is 4.68. The molecule has 6 nitrogen and oxygen atoms in total. The van der Waals surface area contributed by atoms with Crippen LogP contribution in [0.4, 0.5) is 5.82 Å². The molecule has 2 aromatic heterocycles. The average molecular weight is 269 g/mol. The fraction of sp³-hybridized carbons (Fsp3) is 0.214. The Morgan fingerprint density at radius 1 is 1.35 bits per heavy atom. The normalized spacial score (nSPS) is 10.9. The molecule has 3 aromatic rings. The largest absolute Gasteiger partial charge is 0.372 e. The molecule has 0 unspecified atom stereocenters. The summed E-state index contributed by atoms with van der Waals surface area (Å²) in [4.78, 5) is 23.6. The first-order valence-electron chi connectivity index (χ1n) is 6.30. The van der Waals surface area contributed by atoms with Crippen molar-refractivity contribution in [3.63, 3.8) is 0 Å². The zero-order chi connectivity index (χ0) is 14.3. The minimum atomic E-state index is 0.0394. The van der Waals surface area contributed by atoms with Crippen LogP contribution < -0.4 is 5.32 Å². The van der Waals surface area contributed by atoms with Crippen molar-refractivity contribution in [3.8, 4) is 11.6 Å². The van der Waals surface area contributed by atoms with Crippen molar-refractivity contribution >= 4 is 22.6 Å². The van der Waals surface area contributed by atoms with Gasteiger partial charge < -0.3 is 14.9 Å². The number of ketones is 1. The number of anilines is 1. The smallest absolute Gasteiger partial charge is 0.178 e. The molecule has 0 saturated heterocycles. The fourth-order valence-corrected chi connectivity index (χ4v) is 2.14. The Bertz CT molecular complexity index is 799. The Kier molecular flexibility index (Phi) is 2.78. The van der Waals surface area contributed by atoms with Crippen molar-refractivity contribution in [1.29, 1.82) is 0 Å². The number of carbonyl (C=O) groups is 1. The Morgan fingerprint density at radius 2 is 2.15 bits per heavy atom. The monoisotopic (exact) mass is 269 g/mol. The maximum Gasteiger partial charge on any atom is 0.178 e. The van der Waals surface area contributed by atoms with Gasteiger partial charge in [-0.05, 0) is 25.1 Å². The number of aryl methyl sites for hydroxylation is 1. The molecular formula is C14H15N5O. The van der Waals surface area contributed by atoms with Gasteiger partial charge in [0.25, 0.3) is 0 Å². The number of hydrogen-bond donors (Lipinski definition) is 2. The van der Waals surface area contributed by atoms with E-state index in [0.29, 0.717) is 11.4 Å². The summed E-state index contributed by atoms with van der Waals surface area (Å²) in [7, 11) is 3.74. The molecule has 102 valence electrons. The van der Waals surface area contributed by atoms with E-state index in [-0.39, 0.29) is 5.78 Å². The number of fused-ring (bicyclic) bond motifs is 1. The van der Waals surface area contributed by atoms with E-state index < -0.39 is 0 Å². The van der Waals surface area contributed by atoms with E-state index in [0.717, 1.165) is 22.7 Å². The summed E-state index contributed by atoms with van der Waals surface area (Å²) in [6.45, 7) is 1.55. The molecule has 0 aliphatic heterocycles. The first kappa shape index (κ1) is 12.4. The van der Waals surface area contributed by atoms with Gasteiger partial charge in [0.05, 0.1) is 11.0 Å². The molecule has 0 spiro atoms. The van der Waals surface area contributed by atoms with Crippen LogP contribution in [0.3, 0.4) is 0 Å². The van der Waals surface area contributed by atoms with Gasteiger partial charge in [-0.25, -0.2) is 9.97 Å². The van der Waals surface area contributed by atoms with E-state index in [1.807, 2.05) is 37.0 Å². The van der Waals surface area contributed by atoms with Crippen molar-refractivity contribution in [2.45, 2.75) is 6.92 Å². The lowest BCUT2D eigenvalue weighted by molar-refractivity contribution is 0.101. The lowest BCUT2D eigenvalue weighted by atomic mass is 10.1. The molecule has 1 aromatic carbocycles. The van der Waals surface area contributed by atoms with Crippen LogP contribution in [0, 0.1) is 0 Å². The SMILES string of the molecule is CNc1cn(C)c(-c2nc3ccc(C(C)=O)cc3[nH]2)n1. The quantitative estimate of drug-likeness (QED) is 0.715. The number of benzene rings is 1. The summed E-state index contributed by atoms with van der Waals surface area (Å²) in [6.07, 6.45) is 1.89. The van der Waals surface area contributed by atoms with Crippen molar-refractivity contribution in [2.75, 3.05) is 12.4 Å². The zero-order valence-electron chi connectivity index (χ0n) is 11.6. The second kappa shape index (κ2) is 4.48. The molecule has 6 heteroatoms. The van der Waals surface area contributed by atoms with E-state index in [4.69, 9.17) is 0 Å². The predicted octanol–water partition coefficient (Wildman–Crippen LogP) is 2.21. The minimum Gasteiger partial charge on any atom is -0.372 e. The molecule has 20 heavy (non-hydrogen) atoms. The van der Waals surface area contributed by atoms with E-state index in [9.17, 15) is 4.79 Å². The van der Waals surface area contributed by atoms with Gasteiger partial charge in [0, 0.05) is 25.9 Å². The van der Waals surface area contributed by atoms with Crippen LogP contribution in [-0.4, -0.2) is 32.3 Å². The van der Waals surface area contributed by atoms with Crippen molar-refractivity contribution in [2.24, 2.45) is 7.05 Å². The molecule has 0 fully saturated rings. The maximum atomic E-state index is 11.4. The Balaban J connectivity index is 2.12. The van der Waals surface area contributed by atoms with Crippen LogP contribution in [0.5, 0.6) is 0 Å². The van der Waals surface area contributed by atoms with Gasteiger partial charge in [-0.2, -0.15) is 0 Å². The van der Waals surface area contributed by atoms with Gasteiger partial charge in [-0.1, -0.05) is 0 Å². The first-order chi connectivity index (χ1) is 9.58. The molecule has 3 rings (SSSR count). The van der Waals surface area contributed by atoms with Crippen LogP contribution in [0.1, 0.15) is 17.3 Å². The summed E-state index contributed by atoms with van der Waals surface area (Å²) < 4.78 is 1.90. The predicted molar refractivity (Wildman–Crippen MR) is 77.8 cm³/mol. The van der Waals surface area contributed by atoms with Gasteiger partial charge >= 0.3 is 0 Å². The molecule has 0 saturated carbocycles. The third kappa shape index (κ3) is 1.95. The number of aromatic nitrogens is 4. The topological polar surface area (TPSA) is 75.6 Å². The molecule has 0 aliphatic carbocycles. The average Bonchev–Trinajstić information content (AvgIpc) is 3.00. The number of Topliss-reactive ketones (excluding diaryl/α,β-unsaturated/α-hetero) is 1. The number of imidazole rings is 2. The Labute approximate surface area is 115 Å². The highest BCUT2D eigenvalue weighted by Crippen LogP contribution is 2.21. The molecular weight excluding hydrogens is 254 g/mol. The second-order valence-electron chi connectivity index (χ2n) is 4.68.